The zero-order valence-corrected chi connectivity index (χ0v) is 11.6. The van der Waals surface area contributed by atoms with Crippen LogP contribution in [0.4, 0.5) is 0 Å². The van der Waals surface area contributed by atoms with Crippen LogP contribution in [0.1, 0.15) is 37.4 Å². The zero-order chi connectivity index (χ0) is 12.3. The molecule has 0 aliphatic carbocycles. The Kier molecular flexibility index (Phi) is 4.14. The van der Waals surface area contributed by atoms with E-state index in [1.54, 1.807) is 11.3 Å². The second kappa shape index (κ2) is 5.00. The van der Waals surface area contributed by atoms with Crippen molar-refractivity contribution in [3.05, 3.63) is 21.9 Å². The molecule has 0 aliphatic rings. The SMILES string of the molecule is CCN(Cc1ccc(C)s1)C(=O)C(C)(C)C. The van der Waals surface area contributed by atoms with Crippen LogP contribution in [0.5, 0.6) is 0 Å². The van der Waals surface area contributed by atoms with Gasteiger partial charge in [-0.15, -0.1) is 11.3 Å². The highest BCUT2D eigenvalue weighted by molar-refractivity contribution is 7.11. The Morgan fingerprint density at radius 1 is 1.38 bits per heavy atom. The summed E-state index contributed by atoms with van der Waals surface area (Å²) >= 11 is 1.77. The normalized spacial score (nSPS) is 11.6. The van der Waals surface area contributed by atoms with E-state index in [9.17, 15) is 4.79 Å². The van der Waals surface area contributed by atoms with E-state index in [1.807, 2.05) is 32.6 Å². The number of amides is 1. The van der Waals surface area contributed by atoms with Crippen LogP contribution in [0, 0.1) is 12.3 Å². The number of hydrogen-bond acceptors (Lipinski definition) is 2. The molecule has 0 saturated carbocycles. The Morgan fingerprint density at radius 3 is 2.38 bits per heavy atom. The fourth-order valence-electron chi connectivity index (χ4n) is 1.56. The lowest BCUT2D eigenvalue weighted by Gasteiger charge is -2.28. The Labute approximate surface area is 102 Å². The number of nitrogens with zero attached hydrogens (tertiary/aromatic N) is 1. The number of thiophene rings is 1. The average Bonchev–Trinajstić information content (AvgIpc) is 2.58. The first-order valence-corrected chi connectivity index (χ1v) is 6.51. The van der Waals surface area contributed by atoms with Gasteiger partial charge in [-0.1, -0.05) is 20.8 Å². The first-order chi connectivity index (χ1) is 7.34. The molecule has 1 heterocycles. The summed E-state index contributed by atoms with van der Waals surface area (Å²) in [5, 5.41) is 0. The van der Waals surface area contributed by atoms with Gasteiger partial charge in [0.1, 0.15) is 0 Å². The van der Waals surface area contributed by atoms with Gasteiger partial charge in [0.15, 0.2) is 0 Å². The summed E-state index contributed by atoms with van der Waals surface area (Å²) < 4.78 is 0. The molecular formula is C13H21NOS. The molecule has 3 heteroatoms. The van der Waals surface area contributed by atoms with Crippen LogP contribution in [-0.2, 0) is 11.3 Å². The molecule has 0 atom stereocenters. The van der Waals surface area contributed by atoms with E-state index in [2.05, 4.69) is 19.1 Å². The quantitative estimate of drug-likeness (QED) is 0.791. The summed E-state index contributed by atoms with van der Waals surface area (Å²) in [6.45, 7) is 11.5. The molecule has 0 bridgehead atoms. The molecule has 16 heavy (non-hydrogen) atoms. The molecule has 1 aromatic rings. The lowest BCUT2D eigenvalue weighted by atomic mass is 9.94. The van der Waals surface area contributed by atoms with Crippen LogP contribution in [-0.4, -0.2) is 17.4 Å². The molecule has 0 unspecified atom stereocenters. The maximum atomic E-state index is 12.1. The van der Waals surface area contributed by atoms with E-state index in [1.165, 1.54) is 9.75 Å². The minimum atomic E-state index is -0.289. The highest BCUT2D eigenvalue weighted by Gasteiger charge is 2.26. The summed E-state index contributed by atoms with van der Waals surface area (Å²) in [4.78, 5) is 16.6. The minimum absolute atomic E-state index is 0.223. The molecule has 90 valence electrons. The average molecular weight is 239 g/mol. The van der Waals surface area contributed by atoms with Crippen molar-refractivity contribution in [1.29, 1.82) is 0 Å². The molecule has 1 amide bonds. The lowest BCUT2D eigenvalue weighted by Crippen LogP contribution is -2.38. The number of carbonyl (C=O) groups is 1. The van der Waals surface area contributed by atoms with Crippen LogP contribution in [0.15, 0.2) is 12.1 Å². The Morgan fingerprint density at radius 2 is 2.00 bits per heavy atom. The summed E-state index contributed by atoms with van der Waals surface area (Å²) in [7, 11) is 0. The van der Waals surface area contributed by atoms with Gasteiger partial charge in [-0.2, -0.15) is 0 Å². The van der Waals surface area contributed by atoms with Gasteiger partial charge in [0, 0.05) is 21.7 Å². The molecule has 2 nitrogen and oxygen atoms in total. The molecule has 0 spiro atoms. The fraction of sp³-hybridized carbons (Fsp3) is 0.615. The smallest absolute Gasteiger partial charge is 0.228 e. The molecular weight excluding hydrogens is 218 g/mol. The van der Waals surface area contributed by atoms with Crippen LogP contribution < -0.4 is 0 Å². The van der Waals surface area contributed by atoms with Gasteiger partial charge in [0.2, 0.25) is 5.91 Å². The molecule has 0 radical (unpaired) electrons. The fourth-order valence-corrected chi connectivity index (χ4v) is 2.47. The van der Waals surface area contributed by atoms with Crippen LogP contribution in [0.2, 0.25) is 0 Å². The minimum Gasteiger partial charge on any atom is -0.337 e. The van der Waals surface area contributed by atoms with Crippen molar-refractivity contribution in [2.75, 3.05) is 6.54 Å². The third-order valence-electron chi connectivity index (χ3n) is 2.45. The van der Waals surface area contributed by atoms with Gasteiger partial charge in [0.05, 0.1) is 6.54 Å². The monoisotopic (exact) mass is 239 g/mol. The van der Waals surface area contributed by atoms with Crippen LogP contribution in [0.25, 0.3) is 0 Å². The molecule has 0 saturated heterocycles. The van der Waals surface area contributed by atoms with Crippen molar-refractivity contribution in [1.82, 2.24) is 4.90 Å². The van der Waals surface area contributed by atoms with E-state index < -0.39 is 0 Å². The maximum absolute atomic E-state index is 12.1. The molecule has 0 aliphatic heterocycles. The predicted octanol–water partition coefficient (Wildman–Crippen LogP) is 3.45. The molecule has 0 aromatic carbocycles. The predicted molar refractivity (Wildman–Crippen MR) is 69.6 cm³/mol. The zero-order valence-electron chi connectivity index (χ0n) is 10.8. The van der Waals surface area contributed by atoms with Crippen molar-refractivity contribution >= 4 is 17.2 Å². The van der Waals surface area contributed by atoms with Gasteiger partial charge >= 0.3 is 0 Å². The largest absolute Gasteiger partial charge is 0.337 e. The Balaban J connectivity index is 2.73. The maximum Gasteiger partial charge on any atom is 0.228 e. The number of hydrogen-bond donors (Lipinski definition) is 0. The van der Waals surface area contributed by atoms with E-state index in [0.29, 0.717) is 0 Å². The lowest BCUT2D eigenvalue weighted by molar-refractivity contribution is -0.139. The standard InChI is InChI=1S/C13H21NOS/c1-6-14(12(15)13(3,4)5)9-11-8-7-10(2)16-11/h7-8H,6,9H2,1-5H3. The van der Waals surface area contributed by atoms with Crippen molar-refractivity contribution in [3.63, 3.8) is 0 Å². The summed E-state index contributed by atoms with van der Waals surface area (Å²) in [5.74, 6) is 0.223. The van der Waals surface area contributed by atoms with Crippen molar-refractivity contribution < 1.29 is 4.79 Å². The van der Waals surface area contributed by atoms with Gasteiger partial charge in [-0.05, 0) is 26.0 Å². The first kappa shape index (κ1) is 13.2. The van der Waals surface area contributed by atoms with Gasteiger partial charge in [-0.3, -0.25) is 4.79 Å². The van der Waals surface area contributed by atoms with E-state index in [4.69, 9.17) is 0 Å². The topological polar surface area (TPSA) is 20.3 Å². The third-order valence-corrected chi connectivity index (χ3v) is 3.44. The first-order valence-electron chi connectivity index (χ1n) is 5.69. The van der Waals surface area contributed by atoms with E-state index >= 15 is 0 Å². The summed E-state index contributed by atoms with van der Waals surface area (Å²) in [6.07, 6.45) is 0. The van der Waals surface area contributed by atoms with Gasteiger partial charge < -0.3 is 4.90 Å². The highest BCUT2D eigenvalue weighted by Crippen LogP contribution is 2.22. The number of carbonyl (C=O) groups excluding carboxylic acids is 1. The van der Waals surface area contributed by atoms with Crippen LogP contribution >= 0.6 is 11.3 Å². The summed E-state index contributed by atoms with van der Waals surface area (Å²) in [6, 6.07) is 4.22. The van der Waals surface area contributed by atoms with Gasteiger partial charge in [0.25, 0.3) is 0 Å². The number of aryl methyl sites for hydroxylation is 1. The van der Waals surface area contributed by atoms with Gasteiger partial charge in [-0.25, -0.2) is 0 Å². The van der Waals surface area contributed by atoms with Crippen molar-refractivity contribution in [3.8, 4) is 0 Å². The van der Waals surface area contributed by atoms with Crippen molar-refractivity contribution in [2.24, 2.45) is 5.41 Å². The Hall–Kier alpha value is -0.830. The second-order valence-electron chi connectivity index (χ2n) is 5.08. The van der Waals surface area contributed by atoms with Crippen LogP contribution in [0.3, 0.4) is 0 Å². The highest BCUT2D eigenvalue weighted by atomic mass is 32.1. The summed E-state index contributed by atoms with van der Waals surface area (Å²) in [5.41, 5.74) is -0.289. The second-order valence-corrected chi connectivity index (χ2v) is 6.45. The van der Waals surface area contributed by atoms with Crippen molar-refractivity contribution in [2.45, 2.75) is 41.2 Å². The number of rotatable bonds is 3. The third kappa shape index (κ3) is 3.34. The Bertz CT molecular complexity index is 362. The molecule has 1 rings (SSSR count). The molecule has 1 aromatic heterocycles. The van der Waals surface area contributed by atoms with E-state index in [-0.39, 0.29) is 11.3 Å². The molecule has 0 N–H and O–H groups in total. The molecule has 0 fully saturated rings. The van der Waals surface area contributed by atoms with E-state index in [0.717, 1.165) is 13.1 Å².